The van der Waals surface area contributed by atoms with Crippen LogP contribution in [0.1, 0.15) is 25.3 Å². The highest BCUT2D eigenvalue weighted by atomic mass is 19.4. The molecule has 1 atom stereocenters. The maximum absolute atomic E-state index is 12.8. The van der Waals surface area contributed by atoms with Gasteiger partial charge in [0.15, 0.2) is 0 Å². The van der Waals surface area contributed by atoms with Crippen LogP contribution in [0.25, 0.3) is 0 Å². The maximum atomic E-state index is 12.8. The van der Waals surface area contributed by atoms with E-state index >= 15 is 0 Å². The van der Waals surface area contributed by atoms with Crippen molar-refractivity contribution in [2.75, 3.05) is 13.1 Å². The second kappa shape index (κ2) is 5.26. The first-order valence-electron chi connectivity index (χ1n) is 7.49. The van der Waals surface area contributed by atoms with Gasteiger partial charge in [-0.25, -0.2) is 0 Å². The molecule has 1 aliphatic carbocycles. The van der Waals surface area contributed by atoms with Gasteiger partial charge in [-0.2, -0.15) is 13.2 Å². The summed E-state index contributed by atoms with van der Waals surface area (Å²) < 4.78 is 38.3. The van der Waals surface area contributed by atoms with E-state index in [2.05, 4.69) is 4.90 Å². The zero-order valence-corrected chi connectivity index (χ0v) is 12.4. The normalized spacial score (nSPS) is 24.5. The fourth-order valence-corrected chi connectivity index (χ4v) is 3.25. The predicted molar refractivity (Wildman–Crippen MR) is 76.0 cm³/mol. The van der Waals surface area contributed by atoms with E-state index in [-0.39, 0.29) is 12.6 Å². The number of carbonyl (C=O) groups excluding carboxylic acids is 1. The third-order valence-corrected chi connectivity index (χ3v) is 4.68. The number of amides is 1. The molecule has 0 aromatic heterocycles. The maximum Gasteiger partial charge on any atom is 0.471 e. The standard InChI is InChI=1S/C16H19F3N2O/c1-12-9-21(14(22)16(17,18)19)15(7-8-15)11-20(12)10-13-5-3-2-4-6-13/h2-6,12H,7-11H2,1H3. The summed E-state index contributed by atoms with van der Waals surface area (Å²) in [5, 5.41) is 0. The molecule has 2 fully saturated rings. The van der Waals surface area contributed by atoms with Crippen LogP contribution in [0.3, 0.4) is 0 Å². The Hall–Kier alpha value is -1.56. The van der Waals surface area contributed by atoms with E-state index in [1.165, 1.54) is 0 Å². The summed E-state index contributed by atoms with van der Waals surface area (Å²) in [5.74, 6) is -1.68. The SMILES string of the molecule is CC1CN(C(=O)C(F)(F)F)C2(CC2)CN1Cc1ccccc1. The molecule has 1 spiro atoms. The van der Waals surface area contributed by atoms with Crippen LogP contribution in [-0.4, -0.2) is 46.6 Å². The number of nitrogens with zero attached hydrogens (tertiary/aromatic N) is 2. The van der Waals surface area contributed by atoms with Crippen molar-refractivity contribution in [3.05, 3.63) is 35.9 Å². The van der Waals surface area contributed by atoms with E-state index in [0.29, 0.717) is 25.9 Å². The van der Waals surface area contributed by atoms with Gasteiger partial charge in [0.2, 0.25) is 0 Å². The summed E-state index contributed by atoms with van der Waals surface area (Å²) in [6, 6.07) is 9.79. The summed E-state index contributed by atoms with van der Waals surface area (Å²) in [5.41, 5.74) is 0.536. The van der Waals surface area contributed by atoms with Crippen LogP contribution in [0, 0.1) is 0 Å². The van der Waals surface area contributed by atoms with Gasteiger partial charge in [-0.3, -0.25) is 9.69 Å². The van der Waals surface area contributed by atoms with E-state index in [4.69, 9.17) is 0 Å². The molecule has 1 aromatic carbocycles. The van der Waals surface area contributed by atoms with Crippen LogP contribution in [0.2, 0.25) is 0 Å². The van der Waals surface area contributed by atoms with Gasteiger partial charge in [0.25, 0.3) is 0 Å². The van der Waals surface area contributed by atoms with E-state index in [1.807, 2.05) is 37.3 Å². The lowest BCUT2D eigenvalue weighted by Gasteiger charge is -2.46. The Balaban J connectivity index is 1.74. The smallest absolute Gasteiger partial charge is 0.326 e. The second-order valence-corrected chi connectivity index (χ2v) is 6.38. The number of hydrogen-bond acceptors (Lipinski definition) is 2. The first kappa shape index (κ1) is 15.3. The molecule has 1 aromatic rings. The first-order valence-corrected chi connectivity index (χ1v) is 7.49. The van der Waals surface area contributed by atoms with Crippen molar-refractivity contribution in [2.45, 2.75) is 44.1 Å². The minimum absolute atomic E-state index is 0.0854. The molecule has 3 nitrogen and oxygen atoms in total. The number of hydrogen-bond donors (Lipinski definition) is 0. The summed E-state index contributed by atoms with van der Waals surface area (Å²) in [7, 11) is 0. The highest BCUT2D eigenvalue weighted by Crippen LogP contribution is 2.47. The molecule has 120 valence electrons. The third-order valence-electron chi connectivity index (χ3n) is 4.68. The quantitative estimate of drug-likeness (QED) is 0.838. The van der Waals surface area contributed by atoms with E-state index in [9.17, 15) is 18.0 Å². The number of piperazine rings is 1. The molecule has 1 heterocycles. The van der Waals surface area contributed by atoms with Crippen molar-refractivity contribution >= 4 is 5.91 Å². The van der Waals surface area contributed by atoms with E-state index in [1.54, 1.807) is 0 Å². The van der Waals surface area contributed by atoms with Crippen LogP contribution >= 0.6 is 0 Å². The lowest BCUT2D eigenvalue weighted by atomic mass is 10.0. The van der Waals surface area contributed by atoms with Crippen molar-refractivity contribution in [1.29, 1.82) is 0 Å². The second-order valence-electron chi connectivity index (χ2n) is 6.38. The lowest BCUT2D eigenvalue weighted by molar-refractivity contribution is -0.192. The molecule has 0 N–H and O–H groups in total. The van der Waals surface area contributed by atoms with Crippen LogP contribution < -0.4 is 0 Å². The van der Waals surface area contributed by atoms with Gasteiger partial charge >= 0.3 is 12.1 Å². The molecular formula is C16H19F3N2O. The number of halogens is 3. The van der Waals surface area contributed by atoms with Crippen LogP contribution in [0.4, 0.5) is 13.2 Å². The minimum Gasteiger partial charge on any atom is -0.326 e. The van der Waals surface area contributed by atoms with Crippen molar-refractivity contribution in [3.8, 4) is 0 Å². The molecule has 1 amide bonds. The average Bonchev–Trinajstić information content (AvgIpc) is 3.22. The fourth-order valence-electron chi connectivity index (χ4n) is 3.25. The van der Waals surface area contributed by atoms with Gasteiger partial charge in [-0.15, -0.1) is 0 Å². The zero-order valence-electron chi connectivity index (χ0n) is 12.4. The van der Waals surface area contributed by atoms with Crippen molar-refractivity contribution in [3.63, 3.8) is 0 Å². The topological polar surface area (TPSA) is 23.6 Å². The summed E-state index contributed by atoms with van der Waals surface area (Å²) >= 11 is 0. The summed E-state index contributed by atoms with van der Waals surface area (Å²) in [4.78, 5) is 14.9. The summed E-state index contributed by atoms with van der Waals surface area (Å²) in [6.45, 7) is 3.25. The minimum atomic E-state index is -4.78. The first-order chi connectivity index (χ1) is 10.3. The van der Waals surface area contributed by atoms with Gasteiger partial charge in [0, 0.05) is 25.7 Å². The zero-order chi connectivity index (χ0) is 16.0. The van der Waals surface area contributed by atoms with Crippen molar-refractivity contribution < 1.29 is 18.0 Å². The summed E-state index contributed by atoms with van der Waals surface area (Å²) in [6.07, 6.45) is -3.46. The van der Waals surface area contributed by atoms with Crippen LogP contribution in [-0.2, 0) is 11.3 Å². The van der Waals surface area contributed by atoms with Crippen LogP contribution in [0.15, 0.2) is 30.3 Å². The number of alkyl halides is 3. The molecule has 3 rings (SSSR count). The highest BCUT2D eigenvalue weighted by molar-refractivity contribution is 5.83. The molecule has 0 radical (unpaired) electrons. The number of rotatable bonds is 2. The Morgan fingerprint density at radius 3 is 2.45 bits per heavy atom. The molecule has 1 saturated heterocycles. The van der Waals surface area contributed by atoms with Crippen molar-refractivity contribution in [1.82, 2.24) is 9.80 Å². The Labute approximate surface area is 127 Å². The molecule has 0 bridgehead atoms. The fraction of sp³-hybridized carbons (Fsp3) is 0.562. The van der Waals surface area contributed by atoms with Crippen molar-refractivity contribution in [2.24, 2.45) is 0 Å². The average molecular weight is 312 g/mol. The monoisotopic (exact) mass is 312 g/mol. The van der Waals surface area contributed by atoms with E-state index < -0.39 is 17.6 Å². The van der Waals surface area contributed by atoms with Gasteiger partial charge < -0.3 is 4.90 Å². The highest BCUT2D eigenvalue weighted by Gasteiger charge is 2.59. The Kier molecular flexibility index (Phi) is 3.67. The molecule has 1 saturated carbocycles. The Morgan fingerprint density at radius 1 is 1.27 bits per heavy atom. The molecule has 22 heavy (non-hydrogen) atoms. The number of carbonyl (C=O) groups is 1. The third kappa shape index (κ3) is 2.84. The van der Waals surface area contributed by atoms with Gasteiger partial charge in [-0.1, -0.05) is 30.3 Å². The van der Waals surface area contributed by atoms with Gasteiger partial charge in [0.1, 0.15) is 0 Å². The predicted octanol–water partition coefficient (Wildman–Crippen LogP) is 2.81. The lowest BCUT2D eigenvalue weighted by Crippen LogP contribution is -2.62. The Morgan fingerprint density at radius 2 is 1.91 bits per heavy atom. The Bertz CT molecular complexity index is 554. The van der Waals surface area contributed by atoms with Crippen LogP contribution in [0.5, 0.6) is 0 Å². The largest absolute Gasteiger partial charge is 0.471 e. The molecule has 2 aliphatic rings. The van der Waals surface area contributed by atoms with Gasteiger partial charge in [-0.05, 0) is 25.3 Å². The molecule has 6 heteroatoms. The molecule has 1 aliphatic heterocycles. The number of benzene rings is 1. The van der Waals surface area contributed by atoms with Gasteiger partial charge in [0.05, 0.1) is 5.54 Å². The van der Waals surface area contributed by atoms with E-state index in [0.717, 1.165) is 10.5 Å². The molecular weight excluding hydrogens is 293 g/mol. The molecule has 1 unspecified atom stereocenters.